The Bertz CT molecular complexity index is 583. The van der Waals surface area contributed by atoms with E-state index in [9.17, 15) is 13.2 Å². The van der Waals surface area contributed by atoms with Gasteiger partial charge in [-0.15, -0.1) is 0 Å². The molecule has 0 unspecified atom stereocenters. The van der Waals surface area contributed by atoms with Crippen LogP contribution in [0.3, 0.4) is 0 Å². The number of carbonyl (C=O) groups is 1. The number of benzene rings is 1. The average Bonchev–Trinajstić information content (AvgIpc) is 2.26. The summed E-state index contributed by atoms with van der Waals surface area (Å²) in [7, 11) is -3.89. The minimum atomic E-state index is -3.89. The van der Waals surface area contributed by atoms with Crippen LogP contribution in [0.2, 0.25) is 10.0 Å². The smallest absolute Gasteiger partial charge is 0.307 e. The van der Waals surface area contributed by atoms with Crippen LogP contribution in [-0.2, 0) is 19.6 Å². The molecule has 112 valence electrons. The highest BCUT2D eigenvalue weighted by atomic mass is 79.9. The van der Waals surface area contributed by atoms with E-state index >= 15 is 0 Å². The van der Waals surface area contributed by atoms with Crippen molar-refractivity contribution in [3.8, 4) is 0 Å². The number of ether oxygens (including phenoxy) is 1. The first-order valence-electron chi connectivity index (χ1n) is 5.57. The lowest BCUT2D eigenvalue weighted by molar-refractivity contribution is -0.142. The molecule has 9 heteroatoms. The van der Waals surface area contributed by atoms with Gasteiger partial charge in [-0.2, -0.15) is 0 Å². The molecule has 0 saturated heterocycles. The zero-order valence-electron chi connectivity index (χ0n) is 10.5. The van der Waals surface area contributed by atoms with Crippen LogP contribution >= 0.6 is 39.1 Å². The van der Waals surface area contributed by atoms with Gasteiger partial charge in [-0.3, -0.25) is 4.79 Å². The van der Waals surface area contributed by atoms with E-state index < -0.39 is 16.0 Å². The Balaban J connectivity index is 2.82. The van der Waals surface area contributed by atoms with Crippen molar-refractivity contribution >= 4 is 55.1 Å². The maximum Gasteiger partial charge on any atom is 0.307 e. The summed E-state index contributed by atoms with van der Waals surface area (Å²) in [5.41, 5.74) is 0. The molecule has 5 nitrogen and oxygen atoms in total. The van der Waals surface area contributed by atoms with Gasteiger partial charge in [-0.1, -0.05) is 39.1 Å². The first-order valence-corrected chi connectivity index (χ1v) is 8.61. The second-order valence-corrected chi connectivity index (χ2v) is 7.09. The maximum atomic E-state index is 12.1. The van der Waals surface area contributed by atoms with Gasteiger partial charge >= 0.3 is 5.97 Å². The fourth-order valence-corrected chi connectivity index (χ4v) is 4.34. The molecular formula is C11H12BrCl2NO4S. The monoisotopic (exact) mass is 403 g/mol. The molecule has 0 radical (unpaired) electrons. The van der Waals surface area contributed by atoms with Crippen molar-refractivity contribution in [2.75, 3.05) is 13.2 Å². The lowest BCUT2D eigenvalue weighted by atomic mass is 10.4. The topological polar surface area (TPSA) is 72.5 Å². The Morgan fingerprint density at radius 2 is 1.90 bits per heavy atom. The lowest BCUT2D eigenvalue weighted by Crippen LogP contribution is -2.27. The molecule has 0 fully saturated rings. The summed E-state index contributed by atoms with van der Waals surface area (Å²) in [5, 5.41) is -0.0129. The second-order valence-electron chi connectivity index (χ2n) is 3.65. The zero-order chi connectivity index (χ0) is 15.3. The first kappa shape index (κ1) is 17.7. The van der Waals surface area contributed by atoms with Crippen molar-refractivity contribution in [3.63, 3.8) is 0 Å². The molecule has 0 aliphatic carbocycles. The molecule has 0 aromatic heterocycles. The summed E-state index contributed by atoms with van der Waals surface area (Å²) in [6.07, 6.45) is -0.0706. The van der Waals surface area contributed by atoms with Crippen molar-refractivity contribution in [2.45, 2.75) is 18.2 Å². The van der Waals surface area contributed by atoms with Gasteiger partial charge in [0.1, 0.15) is 4.90 Å². The Hall–Kier alpha value is -0.340. The third-order valence-corrected chi connectivity index (χ3v) is 5.00. The average molecular weight is 405 g/mol. The van der Waals surface area contributed by atoms with Gasteiger partial charge in [0, 0.05) is 11.0 Å². The molecule has 1 N–H and O–H groups in total. The molecule has 0 heterocycles. The molecule has 0 amide bonds. The number of hydrogen-bond acceptors (Lipinski definition) is 4. The number of sulfonamides is 1. The van der Waals surface area contributed by atoms with Crippen LogP contribution in [0.4, 0.5) is 0 Å². The Morgan fingerprint density at radius 3 is 2.40 bits per heavy atom. The van der Waals surface area contributed by atoms with Crippen molar-refractivity contribution in [1.82, 2.24) is 4.72 Å². The SMILES string of the molecule is CCOC(=O)CCNS(=O)(=O)c1c(Cl)cc(Br)cc1Cl. The van der Waals surface area contributed by atoms with E-state index in [1.54, 1.807) is 6.92 Å². The highest BCUT2D eigenvalue weighted by Gasteiger charge is 2.22. The van der Waals surface area contributed by atoms with E-state index in [0.717, 1.165) is 0 Å². The molecule has 0 bridgehead atoms. The van der Waals surface area contributed by atoms with Crippen molar-refractivity contribution in [3.05, 3.63) is 26.7 Å². The van der Waals surface area contributed by atoms with Crippen LogP contribution in [0, 0.1) is 0 Å². The molecule has 1 aromatic carbocycles. The first-order chi connectivity index (χ1) is 9.27. The summed E-state index contributed by atoms with van der Waals surface area (Å²) in [5.74, 6) is -0.483. The highest BCUT2D eigenvalue weighted by molar-refractivity contribution is 9.10. The van der Waals surface area contributed by atoms with E-state index in [4.69, 9.17) is 27.9 Å². The fourth-order valence-electron chi connectivity index (χ4n) is 1.38. The minimum Gasteiger partial charge on any atom is -0.466 e. The van der Waals surface area contributed by atoms with Gasteiger partial charge in [0.25, 0.3) is 0 Å². The number of halogens is 3. The molecule has 0 aliphatic rings. The van der Waals surface area contributed by atoms with Gasteiger partial charge in [-0.05, 0) is 19.1 Å². The summed E-state index contributed by atoms with van der Waals surface area (Å²) < 4.78 is 31.7. The number of hydrogen-bond donors (Lipinski definition) is 1. The number of carbonyl (C=O) groups excluding carboxylic acids is 1. The van der Waals surface area contributed by atoms with E-state index in [2.05, 4.69) is 20.7 Å². The third-order valence-electron chi connectivity index (χ3n) is 2.16. The van der Waals surface area contributed by atoms with Crippen molar-refractivity contribution in [2.24, 2.45) is 0 Å². The van der Waals surface area contributed by atoms with E-state index in [1.165, 1.54) is 12.1 Å². The van der Waals surface area contributed by atoms with E-state index in [0.29, 0.717) is 4.47 Å². The Labute approximate surface area is 135 Å². The summed E-state index contributed by atoms with van der Waals surface area (Å²) >= 11 is 14.9. The van der Waals surface area contributed by atoms with Crippen LogP contribution in [-0.4, -0.2) is 27.5 Å². The van der Waals surface area contributed by atoms with Crippen LogP contribution < -0.4 is 4.72 Å². The van der Waals surface area contributed by atoms with E-state index in [1.807, 2.05) is 0 Å². The van der Waals surface area contributed by atoms with Crippen LogP contribution in [0.25, 0.3) is 0 Å². The number of nitrogens with one attached hydrogen (secondary N) is 1. The minimum absolute atomic E-state index is 0.00647. The van der Waals surface area contributed by atoms with Gasteiger partial charge in [0.15, 0.2) is 0 Å². The molecule has 0 saturated carbocycles. The van der Waals surface area contributed by atoms with E-state index in [-0.39, 0.29) is 34.5 Å². The molecule has 20 heavy (non-hydrogen) atoms. The predicted molar refractivity (Wildman–Crippen MR) is 80.6 cm³/mol. The highest BCUT2D eigenvalue weighted by Crippen LogP contribution is 2.32. The van der Waals surface area contributed by atoms with Crippen LogP contribution in [0.1, 0.15) is 13.3 Å². The normalized spacial score (nSPS) is 11.4. The van der Waals surface area contributed by atoms with Crippen molar-refractivity contribution in [1.29, 1.82) is 0 Å². The molecular weight excluding hydrogens is 393 g/mol. The van der Waals surface area contributed by atoms with Gasteiger partial charge < -0.3 is 4.74 Å². The van der Waals surface area contributed by atoms with Crippen molar-refractivity contribution < 1.29 is 17.9 Å². The van der Waals surface area contributed by atoms with Crippen LogP contribution in [0.15, 0.2) is 21.5 Å². The summed E-state index contributed by atoms with van der Waals surface area (Å²) in [6, 6.07) is 2.85. The zero-order valence-corrected chi connectivity index (χ0v) is 14.4. The number of esters is 1. The number of rotatable bonds is 6. The second kappa shape index (κ2) is 7.61. The van der Waals surface area contributed by atoms with Crippen LogP contribution in [0.5, 0.6) is 0 Å². The third kappa shape index (κ3) is 4.89. The van der Waals surface area contributed by atoms with Gasteiger partial charge in [-0.25, -0.2) is 13.1 Å². The standard InChI is InChI=1S/C11H12BrCl2NO4S/c1-2-19-10(16)3-4-15-20(17,18)11-8(13)5-7(12)6-9(11)14/h5-6,15H,2-4H2,1H3. The molecule has 1 aromatic rings. The largest absolute Gasteiger partial charge is 0.466 e. The lowest BCUT2D eigenvalue weighted by Gasteiger charge is -2.10. The Morgan fingerprint density at radius 1 is 1.35 bits per heavy atom. The summed E-state index contributed by atoms with van der Waals surface area (Å²) in [6.45, 7) is 1.82. The molecule has 0 atom stereocenters. The molecule has 0 spiro atoms. The molecule has 0 aliphatic heterocycles. The quantitative estimate of drug-likeness (QED) is 0.739. The van der Waals surface area contributed by atoms with Gasteiger partial charge in [0.05, 0.1) is 23.1 Å². The Kier molecular flexibility index (Phi) is 6.74. The fraction of sp³-hybridized carbons (Fsp3) is 0.364. The molecule has 1 rings (SSSR count). The predicted octanol–water partition coefficient (Wildman–Crippen LogP) is 2.99. The summed E-state index contributed by atoms with van der Waals surface area (Å²) in [4.78, 5) is 10.9. The maximum absolute atomic E-state index is 12.1. The van der Waals surface area contributed by atoms with Gasteiger partial charge in [0.2, 0.25) is 10.0 Å².